The molecule has 2 rings (SSSR count). The number of sulfonamides is 1. The average Bonchev–Trinajstić information content (AvgIpc) is 2.35. The summed E-state index contributed by atoms with van der Waals surface area (Å²) in [5.74, 6) is -0.326. The molecule has 1 aliphatic carbocycles. The van der Waals surface area contributed by atoms with Crippen molar-refractivity contribution in [3.8, 4) is 0 Å². The van der Waals surface area contributed by atoms with Gasteiger partial charge in [0, 0.05) is 6.54 Å². The molecule has 0 aromatic heterocycles. The normalized spacial score (nSPS) is 17.8. The van der Waals surface area contributed by atoms with Gasteiger partial charge in [-0.3, -0.25) is 0 Å². The third-order valence-corrected chi connectivity index (χ3v) is 5.33. The molecule has 1 saturated carbocycles. The van der Waals surface area contributed by atoms with Crippen LogP contribution in [0.2, 0.25) is 5.02 Å². The van der Waals surface area contributed by atoms with Crippen LogP contribution in [0.3, 0.4) is 0 Å². The van der Waals surface area contributed by atoms with Gasteiger partial charge in [0.25, 0.3) is 0 Å². The molecule has 1 fully saturated rings. The second-order valence-electron chi connectivity index (χ2n) is 5.12. The highest BCUT2D eigenvalue weighted by Gasteiger charge is 2.25. The van der Waals surface area contributed by atoms with Crippen LogP contribution in [0.15, 0.2) is 18.2 Å². The number of hydrogen-bond acceptors (Lipinski definition) is 3. The van der Waals surface area contributed by atoms with Crippen LogP contribution in [0.5, 0.6) is 0 Å². The van der Waals surface area contributed by atoms with Gasteiger partial charge in [0.15, 0.2) is 0 Å². The molecule has 1 aromatic rings. The van der Waals surface area contributed by atoms with Crippen LogP contribution in [0.1, 0.15) is 30.9 Å². The lowest BCUT2D eigenvalue weighted by Crippen LogP contribution is -2.34. The molecule has 1 atom stereocenters. The molecule has 0 aliphatic heterocycles. The topological polar surface area (TPSA) is 66.4 Å². The van der Waals surface area contributed by atoms with Gasteiger partial charge in [-0.25, -0.2) is 17.5 Å². The zero-order chi connectivity index (χ0) is 14.8. The number of aliphatic hydroxyl groups is 1. The van der Waals surface area contributed by atoms with Crippen molar-refractivity contribution in [2.24, 2.45) is 5.92 Å². The minimum Gasteiger partial charge on any atom is -0.387 e. The van der Waals surface area contributed by atoms with E-state index in [1.807, 2.05) is 0 Å². The van der Waals surface area contributed by atoms with Crippen LogP contribution >= 0.6 is 11.6 Å². The average molecular weight is 322 g/mol. The van der Waals surface area contributed by atoms with Crippen molar-refractivity contribution in [3.63, 3.8) is 0 Å². The molecule has 1 aromatic carbocycles. The molecule has 0 bridgehead atoms. The van der Waals surface area contributed by atoms with Gasteiger partial charge in [0.05, 0.1) is 16.9 Å². The Kier molecular flexibility index (Phi) is 5.01. The molecule has 0 amide bonds. The molecule has 1 unspecified atom stereocenters. The summed E-state index contributed by atoms with van der Waals surface area (Å²) in [7, 11) is -3.39. The van der Waals surface area contributed by atoms with Gasteiger partial charge in [-0.2, -0.15) is 0 Å². The van der Waals surface area contributed by atoms with Crippen molar-refractivity contribution >= 4 is 21.6 Å². The lowest BCUT2D eigenvalue weighted by Gasteiger charge is -2.25. The second-order valence-corrected chi connectivity index (χ2v) is 7.37. The Morgan fingerprint density at radius 3 is 2.70 bits per heavy atom. The van der Waals surface area contributed by atoms with E-state index in [1.54, 1.807) is 0 Å². The first-order valence-electron chi connectivity index (χ1n) is 6.48. The van der Waals surface area contributed by atoms with Gasteiger partial charge in [-0.05, 0) is 36.5 Å². The minimum absolute atomic E-state index is 0.0356. The Morgan fingerprint density at radius 2 is 2.15 bits per heavy atom. The van der Waals surface area contributed by atoms with Crippen molar-refractivity contribution in [1.29, 1.82) is 0 Å². The first-order valence-corrected chi connectivity index (χ1v) is 8.51. The van der Waals surface area contributed by atoms with Crippen molar-refractivity contribution in [2.45, 2.75) is 25.4 Å². The van der Waals surface area contributed by atoms with Crippen LogP contribution in [-0.2, 0) is 10.0 Å². The summed E-state index contributed by atoms with van der Waals surface area (Å²) < 4.78 is 39.2. The van der Waals surface area contributed by atoms with Crippen molar-refractivity contribution in [3.05, 3.63) is 34.6 Å². The van der Waals surface area contributed by atoms with E-state index in [0.717, 1.165) is 25.3 Å². The fourth-order valence-electron chi connectivity index (χ4n) is 2.07. The van der Waals surface area contributed by atoms with E-state index >= 15 is 0 Å². The molecule has 112 valence electrons. The Bertz CT molecular complexity index is 575. The van der Waals surface area contributed by atoms with Crippen molar-refractivity contribution in [2.75, 3.05) is 12.3 Å². The zero-order valence-corrected chi connectivity index (χ0v) is 12.4. The molecule has 0 heterocycles. The standard InChI is InChI=1S/C13H17ClFNO3S/c14-11-5-4-10(6-12(11)15)13(17)7-16-20(18,19)8-9-2-1-3-9/h4-6,9,13,16-17H,1-3,7-8H2. The van der Waals surface area contributed by atoms with Gasteiger partial charge in [-0.1, -0.05) is 24.1 Å². The minimum atomic E-state index is -3.39. The summed E-state index contributed by atoms with van der Waals surface area (Å²) in [5.41, 5.74) is 0.290. The first-order chi connectivity index (χ1) is 9.37. The Hall–Kier alpha value is -0.690. The lowest BCUT2D eigenvalue weighted by atomic mass is 9.87. The van der Waals surface area contributed by atoms with Crippen molar-refractivity contribution in [1.82, 2.24) is 4.72 Å². The van der Waals surface area contributed by atoms with Gasteiger partial charge in [0.1, 0.15) is 5.82 Å². The van der Waals surface area contributed by atoms with Crippen LogP contribution in [0, 0.1) is 11.7 Å². The summed E-state index contributed by atoms with van der Waals surface area (Å²) in [6, 6.07) is 3.90. The first kappa shape index (κ1) is 15.7. The van der Waals surface area contributed by atoms with E-state index in [1.165, 1.54) is 12.1 Å². The smallest absolute Gasteiger partial charge is 0.211 e. The van der Waals surface area contributed by atoms with Crippen LogP contribution in [-0.4, -0.2) is 25.8 Å². The van der Waals surface area contributed by atoms with Gasteiger partial charge >= 0.3 is 0 Å². The molecular formula is C13H17ClFNO3S. The fourth-order valence-corrected chi connectivity index (χ4v) is 3.67. The Morgan fingerprint density at radius 1 is 1.45 bits per heavy atom. The van der Waals surface area contributed by atoms with Crippen molar-refractivity contribution < 1.29 is 17.9 Å². The summed E-state index contributed by atoms with van der Waals surface area (Å²) >= 11 is 5.55. The summed E-state index contributed by atoms with van der Waals surface area (Å²) in [5, 5.41) is 9.83. The molecule has 7 heteroatoms. The van der Waals surface area contributed by atoms with Gasteiger partial charge in [0.2, 0.25) is 10.0 Å². The zero-order valence-electron chi connectivity index (χ0n) is 10.9. The second kappa shape index (κ2) is 6.39. The maximum absolute atomic E-state index is 13.3. The highest BCUT2D eigenvalue weighted by Crippen LogP contribution is 2.27. The highest BCUT2D eigenvalue weighted by atomic mass is 35.5. The molecule has 0 saturated heterocycles. The highest BCUT2D eigenvalue weighted by molar-refractivity contribution is 7.89. The largest absolute Gasteiger partial charge is 0.387 e. The maximum atomic E-state index is 13.3. The molecular weight excluding hydrogens is 305 g/mol. The van der Waals surface area contributed by atoms with E-state index in [4.69, 9.17) is 11.6 Å². The predicted molar refractivity (Wildman–Crippen MR) is 75.5 cm³/mol. The quantitative estimate of drug-likeness (QED) is 0.844. The predicted octanol–water partition coefficient (Wildman–Crippen LogP) is 2.23. The lowest BCUT2D eigenvalue weighted by molar-refractivity contribution is 0.181. The molecule has 0 radical (unpaired) electrons. The third-order valence-electron chi connectivity index (χ3n) is 3.50. The molecule has 4 nitrogen and oxygen atoms in total. The van der Waals surface area contributed by atoms with E-state index in [0.29, 0.717) is 5.56 Å². The van der Waals surface area contributed by atoms with Crippen LogP contribution in [0.4, 0.5) is 4.39 Å². The molecule has 2 N–H and O–H groups in total. The molecule has 1 aliphatic rings. The number of nitrogens with one attached hydrogen (secondary N) is 1. The SMILES string of the molecule is O=S(=O)(CC1CCC1)NCC(O)c1ccc(Cl)c(F)c1. The van der Waals surface area contributed by atoms with Crippen LogP contribution < -0.4 is 4.72 Å². The monoisotopic (exact) mass is 321 g/mol. The van der Waals surface area contributed by atoms with E-state index in [9.17, 15) is 17.9 Å². The van der Waals surface area contributed by atoms with Gasteiger partial charge in [-0.15, -0.1) is 0 Å². The maximum Gasteiger partial charge on any atom is 0.211 e. The molecule has 0 spiro atoms. The van der Waals surface area contributed by atoms with E-state index in [-0.39, 0.29) is 23.2 Å². The number of benzene rings is 1. The Labute approximate surface area is 123 Å². The number of aliphatic hydroxyl groups excluding tert-OH is 1. The van der Waals surface area contributed by atoms with Crippen LogP contribution in [0.25, 0.3) is 0 Å². The van der Waals surface area contributed by atoms with Gasteiger partial charge < -0.3 is 5.11 Å². The number of hydrogen-bond donors (Lipinski definition) is 2. The number of halogens is 2. The summed E-state index contributed by atoms with van der Waals surface area (Å²) in [4.78, 5) is 0. The Balaban J connectivity index is 1.90. The van der Waals surface area contributed by atoms with E-state index < -0.39 is 21.9 Å². The van der Waals surface area contributed by atoms with E-state index in [2.05, 4.69) is 4.72 Å². The summed E-state index contributed by atoms with van der Waals surface area (Å²) in [6.45, 7) is -0.171. The number of rotatable bonds is 6. The summed E-state index contributed by atoms with van der Waals surface area (Å²) in [6.07, 6.45) is 1.85. The molecule has 20 heavy (non-hydrogen) atoms. The fraction of sp³-hybridized carbons (Fsp3) is 0.538. The third kappa shape index (κ3) is 4.15.